The van der Waals surface area contributed by atoms with Crippen LogP contribution in [0.15, 0.2) is 36.4 Å². The van der Waals surface area contributed by atoms with Crippen LogP contribution in [0.3, 0.4) is 0 Å². The Balaban J connectivity index is 2.39. The molecular formula is C15H22N2O. The molecule has 98 valence electrons. The lowest BCUT2D eigenvalue weighted by Crippen LogP contribution is -2.37. The molecule has 0 aliphatic rings. The number of hydrogen-bond acceptors (Lipinski definition) is 2. The molecule has 18 heavy (non-hydrogen) atoms. The van der Waals surface area contributed by atoms with Crippen LogP contribution in [0.4, 0.5) is 0 Å². The highest BCUT2D eigenvalue weighted by Gasteiger charge is 2.05. The van der Waals surface area contributed by atoms with Gasteiger partial charge in [0.05, 0.1) is 6.54 Å². The topological polar surface area (TPSA) is 32.3 Å². The van der Waals surface area contributed by atoms with Gasteiger partial charge in [0.25, 0.3) is 0 Å². The molecule has 0 aromatic heterocycles. The van der Waals surface area contributed by atoms with Gasteiger partial charge >= 0.3 is 0 Å². The highest BCUT2D eigenvalue weighted by atomic mass is 16.2. The van der Waals surface area contributed by atoms with Gasteiger partial charge in [0.15, 0.2) is 0 Å². The Bertz CT molecular complexity index is 373. The van der Waals surface area contributed by atoms with Gasteiger partial charge < -0.3 is 5.32 Å². The van der Waals surface area contributed by atoms with Crippen molar-refractivity contribution < 1.29 is 4.79 Å². The van der Waals surface area contributed by atoms with Crippen molar-refractivity contribution in [1.82, 2.24) is 10.2 Å². The Morgan fingerprint density at radius 3 is 2.61 bits per heavy atom. The Kier molecular flexibility index (Phi) is 6.81. The number of rotatable bonds is 7. The van der Waals surface area contributed by atoms with Crippen LogP contribution in [0, 0.1) is 0 Å². The highest BCUT2D eigenvalue weighted by molar-refractivity contribution is 5.77. The van der Waals surface area contributed by atoms with Gasteiger partial charge in [-0.1, -0.05) is 49.4 Å². The lowest BCUT2D eigenvalue weighted by atomic mass is 10.2. The highest BCUT2D eigenvalue weighted by Crippen LogP contribution is 2.01. The SMILES string of the molecule is CCNC(=O)CN(CC)C/C=C/c1ccccc1. The fraction of sp³-hybridized carbons (Fsp3) is 0.400. The Labute approximate surface area is 109 Å². The minimum atomic E-state index is 0.0902. The molecule has 1 aromatic carbocycles. The molecule has 0 unspecified atom stereocenters. The summed E-state index contributed by atoms with van der Waals surface area (Å²) in [5.74, 6) is 0.0902. The van der Waals surface area contributed by atoms with Gasteiger partial charge in [-0.15, -0.1) is 0 Å². The first-order chi connectivity index (χ1) is 8.76. The first-order valence-corrected chi connectivity index (χ1v) is 6.47. The molecule has 0 atom stereocenters. The van der Waals surface area contributed by atoms with Crippen molar-refractivity contribution in [1.29, 1.82) is 0 Å². The summed E-state index contributed by atoms with van der Waals surface area (Å²) in [5, 5.41) is 2.81. The van der Waals surface area contributed by atoms with Gasteiger partial charge in [0.2, 0.25) is 5.91 Å². The van der Waals surface area contributed by atoms with E-state index in [4.69, 9.17) is 0 Å². The van der Waals surface area contributed by atoms with Crippen molar-refractivity contribution in [3.63, 3.8) is 0 Å². The van der Waals surface area contributed by atoms with Crippen LogP contribution in [0.25, 0.3) is 6.08 Å². The van der Waals surface area contributed by atoms with E-state index >= 15 is 0 Å². The summed E-state index contributed by atoms with van der Waals surface area (Å²) in [6, 6.07) is 10.2. The summed E-state index contributed by atoms with van der Waals surface area (Å²) in [6.07, 6.45) is 4.18. The van der Waals surface area contributed by atoms with E-state index in [1.807, 2.05) is 25.1 Å². The van der Waals surface area contributed by atoms with E-state index in [9.17, 15) is 4.79 Å². The van der Waals surface area contributed by atoms with Crippen LogP contribution in [0.5, 0.6) is 0 Å². The Morgan fingerprint density at radius 2 is 2.00 bits per heavy atom. The van der Waals surface area contributed by atoms with Crippen molar-refractivity contribution in [2.24, 2.45) is 0 Å². The van der Waals surface area contributed by atoms with E-state index in [-0.39, 0.29) is 5.91 Å². The largest absolute Gasteiger partial charge is 0.355 e. The second kappa shape index (κ2) is 8.48. The third kappa shape index (κ3) is 5.64. The molecule has 1 N–H and O–H groups in total. The molecule has 0 spiro atoms. The van der Waals surface area contributed by atoms with E-state index < -0.39 is 0 Å². The molecule has 0 saturated heterocycles. The second-order valence-electron chi connectivity index (χ2n) is 4.09. The van der Waals surface area contributed by atoms with E-state index in [0.717, 1.165) is 13.1 Å². The molecular weight excluding hydrogens is 224 g/mol. The Hall–Kier alpha value is -1.61. The number of benzene rings is 1. The lowest BCUT2D eigenvalue weighted by molar-refractivity contribution is -0.122. The van der Waals surface area contributed by atoms with Crippen LogP contribution in [-0.2, 0) is 4.79 Å². The molecule has 1 aromatic rings. The molecule has 3 nitrogen and oxygen atoms in total. The second-order valence-corrected chi connectivity index (χ2v) is 4.09. The van der Waals surface area contributed by atoms with E-state index in [2.05, 4.69) is 41.4 Å². The molecule has 0 bridgehead atoms. The minimum Gasteiger partial charge on any atom is -0.355 e. The van der Waals surface area contributed by atoms with Crippen LogP contribution >= 0.6 is 0 Å². The van der Waals surface area contributed by atoms with E-state index in [1.165, 1.54) is 5.56 Å². The normalized spacial score (nSPS) is 11.1. The summed E-state index contributed by atoms with van der Waals surface area (Å²) in [7, 11) is 0. The quantitative estimate of drug-likeness (QED) is 0.799. The lowest BCUT2D eigenvalue weighted by Gasteiger charge is -2.17. The fourth-order valence-corrected chi connectivity index (χ4v) is 1.66. The van der Waals surface area contributed by atoms with Gasteiger partial charge in [0.1, 0.15) is 0 Å². The van der Waals surface area contributed by atoms with Crippen molar-refractivity contribution in [2.45, 2.75) is 13.8 Å². The zero-order chi connectivity index (χ0) is 13.2. The van der Waals surface area contributed by atoms with Crippen molar-refractivity contribution in [3.8, 4) is 0 Å². The Morgan fingerprint density at radius 1 is 1.28 bits per heavy atom. The summed E-state index contributed by atoms with van der Waals surface area (Å²) < 4.78 is 0. The number of hydrogen-bond donors (Lipinski definition) is 1. The van der Waals surface area contributed by atoms with Gasteiger partial charge in [-0.05, 0) is 19.0 Å². The van der Waals surface area contributed by atoms with Crippen molar-refractivity contribution in [3.05, 3.63) is 42.0 Å². The molecule has 0 fully saturated rings. The molecule has 0 aliphatic heterocycles. The van der Waals surface area contributed by atoms with Crippen LogP contribution in [0.2, 0.25) is 0 Å². The molecule has 0 radical (unpaired) electrons. The maximum absolute atomic E-state index is 11.5. The third-order valence-electron chi connectivity index (χ3n) is 2.66. The van der Waals surface area contributed by atoms with Crippen LogP contribution in [0.1, 0.15) is 19.4 Å². The summed E-state index contributed by atoms with van der Waals surface area (Å²) >= 11 is 0. The van der Waals surface area contributed by atoms with Crippen LogP contribution in [-0.4, -0.2) is 37.0 Å². The number of nitrogens with one attached hydrogen (secondary N) is 1. The summed E-state index contributed by atoms with van der Waals surface area (Å²) in [6.45, 7) is 6.82. The number of nitrogens with zero attached hydrogens (tertiary/aromatic N) is 1. The minimum absolute atomic E-state index is 0.0902. The van der Waals surface area contributed by atoms with E-state index in [0.29, 0.717) is 13.1 Å². The first-order valence-electron chi connectivity index (χ1n) is 6.47. The summed E-state index contributed by atoms with van der Waals surface area (Å²) in [5.41, 5.74) is 1.19. The van der Waals surface area contributed by atoms with Crippen LogP contribution < -0.4 is 5.32 Å². The number of carbonyl (C=O) groups is 1. The monoisotopic (exact) mass is 246 g/mol. The molecule has 0 aliphatic carbocycles. The number of amides is 1. The van der Waals surface area contributed by atoms with Gasteiger partial charge in [-0.3, -0.25) is 9.69 Å². The molecule has 1 rings (SSSR count). The zero-order valence-corrected chi connectivity index (χ0v) is 11.2. The molecule has 0 heterocycles. The molecule has 3 heteroatoms. The average Bonchev–Trinajstić information content (AvgIpc) is 2.39. The predicted octanol–water partition coefficient (Wildman–Crippen LogP) is 2.16. The maximum atomic E-state index is 11.5. The fourth-order valence-electron chi connectivity index (χ4n) is 1.66. The predicted molar refractivity (Wildman–Crippen MR) is 76.3 cm³/mol. The average molecular weight is 246 g/mol. The summed E-state index contributed by atoms with van der Waals surface area (Å²) in [4.78, 5) is 13.6. The van der Waals surface area contributed by atoms with Gasteiger partial charge in [0, 0.05) is 13.1 Å². The molecule has 1 amide bonds. The third-order valence-corrected chi connectivity index (χ3v) is 2.66. The molecule has 0 saturated carbocycles. The first kappa shape index (κ1) is 14.5. The zero-order valence-electron chi connectivity index (χ0n) is 11.2. The van der Waals surface area contributed by atoms with E-state index in [1.54, 1.807) is 0 Å². The van der Waals surface area contributed by atoms with Crippen molar-refractivity contribution >= 4 is 12.0 Å². The van der Waals surface area contributed by atoms with Gasteiger partial charge in [-0.2, -0.15) is 0 Å². The maximum Gasteiger partial charge on any atom is 0.234 e. The smallest absolute Gasteiger partial charge is 0.234 e. The van der Waals surface area contributed by atoms with Crippen molar-refractivity contribution in [2.75, 3.05) is 26.2 Å². The standard InChI is InChI=1S/C15H22N2O/c1-3-16-15(18)13-17(4-2)12-8-11-14-9-6-5-7-10-14/h5-11H,3-4,12-13H2,1-2H3,(H,16,18)/b11-8+. The van der Waals surface area contributed by atoms with Gasteiger partial charge in [-0.25, -0.2) is 0 Å². The number of carbonyl (C=O) groups excluding carboxylic acids is 1. The number of likely N-dealkylation sites (N-methyl/N-ethyl adjacent to an activating group) is 2.